The second-order valence-electron chi connectivity index (χ2n) is 4.06. The van der Waals surface area contributed by atoms with Crippen LogP contribution in [0.4, 0.5) is 5.69 Å². The van der Waals surface area contributed by atoms with Crippen LogP contribution in [0.1, 0.15) is 13.3 Å². The molecule has 6 heteroatoms. The highest BCUT2D eigenvalue weighted by Crippen LogP contribution is 2.19. The number of rotatable bonds is 7. The normalized spacial score (nSPS) is 11.9. The maximum absolute atomic E-state index is 11.9. The van der Waals surface area contributed by atoms with E-state index in [9.17, 15) is 8.42 Å². The monoisotopic (exact) mass is 288 g/mol. The molecular weight excluding hydrogens is 268 g/mol. The van der Waals surface area contributed by atoms with E-state index in [1.165, 1.54) is 16.1 Å². The van der Waals surface area contributed by atoms with E-state index in [1.54, 1.807) is 7.05 Å². The minimum absolute atomic E-state index is 0.165. The Kier molecular flexibility index (Phi) is 5.98. The number of sulfonamides is 1. The zero-order chi connectivity index (χ0) is 13.6. The highest BCUT2D eigenvalue weighted by atomic mass is 32.2. The first-order chi connectivity index (χ1) is 8.45. The molecule has 0 aliphatic carbocycles. The number of nitrogen functional groups attached to an aromatic ring is 1. The van der Waals surface area contributed by atoms with Gasteiger partial charge in [0.1, 0.15) is 0 Å². The lowest BCUT2D eigenvalue weighted by molar-refractivity contribution is 0.470. The first-order valence-corrected chi connectivity index (χ1v) is 8.47. The summed E-state index contributed by atoms with van der Waals surface area (Å²) in [6.07, 6.45) is 0.834. The summed E-state index contributed by atoms with van der Waals surface area (Å²) in [7, 11) is -1.48. The van der Waals surface area contributed by atoms with Crippen LogP contribution in [0.2, 0.25) is 0 Å². The van der Waals surface area contributed by atoms with Crippen molar-refractivity contribution in [2.24, 2.45) is 0 Å². The van der Waals surface area contributed by atoms with Gasteiger partial charge in [-0.2, -0.15) is 0 Å². The third kappa shape index (κ3) is 4.88. The maximum Gasteiger partial charge on any atom is 0.214 e. The van der Waals surface area contributed by atoms with E-state index < -0.39 is 10.0 Å². The Balaban J connectivity index is 2.44. The van der Waals surface area contributed by atoms with Crippen LogP contribution in [0.3, 0.4) is 0 Å². The van der Waals surface area contributed by atoms with E-state index in [1.807, 2.05) is 31.2 Å². The van der Waals surface area contributed by atoms with E-state index in [4.69, 9.17) is 5.73 Å². The van der Waals surface area contributed by atoms with Gasteiger partial charge < -0.3 is 5.73 Å². The number of nitrogens with zero attached hydrogens (tertiary/aromatic N) is 1. The first kappa shape index (κ1) is 15.3. The molecule has 0 aliphatic rings. The predicted molar refractivity (Wildman–Crippen MR) is 78.3 cm³/mol. The molecule has 0 unspecified atom stereocenters. The fourth-order valence-corrected chi connectivity index (χ4v) is 3.95. The van der Waals surface area contributed by atoms with E-state index in [0.717, 1.165) is 17.0 Å². The predicted octanol–water partition coefficient (Wildman–Crippen LogP) is 2.03. The number of nitrogens with two attached hydrogens (primary N) is 1. The van der Waals surface area contributed by atoms with Gasteiger partial charge in [0.2, 0.25) is 10.0 Å². The molecule has 0 fully saturated rings. The molecule has 0 spiro atoms. The van der Waals surface area contributed by atoms with Crippen molar-refractivity contribution in [1.29, 1.82) is 0 Å². The third-order valence-corrected chi connectivity index (χ3v) is 5.63. The first-order valence-electron chi connectivity index (χ1n) is 5.88. The van der Waals surface area contributed by atoms with Gasteiger partial charge in [0.05, 0.1) is 5.75 Å². The van der Waals surface area contributed by atoms with Gasteiger partial charge in [0.15, 0.2) is 0 Å². The van der Waals surface area contributed by atoms with Crippen LogP contribution in [-0.2, 0) is 10.0 Å². The quantitative estimate of drug-likeness (QED) is 0.616. The maximum atomic E-state index is 11.9. The summed E-state index contributed by atoms with van der Waals surface area (Å²) in [6, 6.07) is 7.45. The molecule has 1 aromatic carbocycles. The fourth-order valence-electron chi connectivity index (χ4n) is 1.44. The molecule has 0 amide bonds. The Labute approximate surface area is 114 Å². The second-order valence-corrected chi connectivity index (χ2v) is 7.42. The van der Waals surface area contributed by atoms with Crippen molar-refractivity contribution >= 4 is 27.5 Å². The molecule has 0 aromatic heterocycles. The zero-order valence-electron chi connectivity index (χ0n) is 10.8. The molecule has 0 saturated heterocycles. The summed E-state index contributed by atoms with van der Waals surface area (Å²) in [5.41, 5.74) is 6.30. The van der Waals surface area contributed by atoms with Crippen molar-refractivity contribution < 1.29 is 8.42 Å². The lowest BCUT2D eigenvalue weighted by Crippen LogP contribution is -2.30. The number of hydrogen-bond acceptors (Lipinski definition) is 4. The molecule has 0 aliphatic heterocycles. The molecular formula is C12H20N2O2S2. The van der Waals surface area contributed by atoms with Crippen molar-refractivity contribution in [2.75, 3.05) is 30.8 Å². The van der Waals surface area contributed by atoms with Crippen molar-refractivity contribution in [3.63, 3.8) is 0 Å². The molecule has 1 rings (SSSR count). The van der Waals surface area contributed by atoms with E-state index in [2.05, 4.69) is 0 Å². The van der Waals surface area contributed by atoms with Crippen LogP contribution >= 0.6 is 11.8 Å². The van der Waals surface area contributed by atoms with Crippen LogP contribution in [0, 0.1) is 0 Å². The van der Waals surface area contributed by atoms with Crippen LogP contribution in [0.5, 0.6) is 0 Å². The summed E-state index contributed by atoms with van der Waals surface area (Å²) in [4.78, 5) is 1.04. The van der Waals surface area contributed by atoms with E-state index in [0.29, 0.717) is 12.3 Å². The molecule has 4 nitrogen and oxygen atoms in total. The second kappa shape index (κ2) is 7.01. The van der Waals surface area contributed by atoms with Gasteiger partial charge in [0.25, 0.3) is 0 Å². The van der Waals surface area contributed by atoms with Crippen LogP contribution in [0.15, 0.2) is 29.2 Å². The Hall–Kier alpha value is -0.720. The van der Waals surface area contributed by atoms with Gasteiger partial charge >= 0.3 is 0 Å². The van der Waals surface area contributed by atoms with Gasteiger partial charge in [-0.15, -0.1) is 11.8 Å². The zero-order valence-corrected chi connectivity index (χ0v) is 12.4. The molecule has 0 radical (unpaired) electrons. The average Bonchev–Trinajstić information content (AvgIpc) is 2.32. The highest BCUT2D eigenvalue weighted by Gasteiger charge is 2.16. The highest BCUT2D eigenvalue weighted by molar-refractivity contribution is 8.00. The number of anilines is 1. The minimum Gasteiger partial charge on any atom is -0.399 e. The van der Waals surface area contributed by atoms with Crippen LogP contribution < -0.4 is 5.73 Å². The van der Waals surface area contributed by atoms with Crippen molar-refractivity contribution in [3.05, 3.63) is 24.3 Å². The van der Waals surface area contributed by atoms with Gasteiger partial charge in [-0.05, 0) is 30.7 Å². The van der Waals surface area contributed by atoms with Gasteiger partial charge in [-0.1, -0.05) is 6.92 Å². The van der Waals surface area contributed by atoms with E-state index >= 15 is 0 Å². The molecule has 2 N–H and O–H groups in total. The lowest BCUT2D eigenvalue weighted by Gasteiger charge is -2.15. The number of benzene rings is 1. The third-order valence-electron chi connectivity index (χ3n) is 2.50. The van der Waals surface area contributed by atoms with Crippen molar-refractivity contribution in [2.45, 2.75) is 18.2 Å². The molecule has 102 valence electrons. The standard InChI is InChI=1S/C12H20N2O2S2/c1-3-8-14(2)18(15,16)10-9-17-12-6-4-11(13)5-7-12/h4-7H,3,8-10,13H2,1-2H3. The topological polar surface area (TPSA) is 63.4 Å². The average molecular weight is 288 g/mol. The van der Waals surface area contributed by atoms with Gasteiger partial charge in [-0.3, -0.25) is 0 Å². The summed E-state index contributed by atoms with van der Waals surface area (Å²) in [6.45, 7) is 2.55. The Morgan fingerprint density at radius 1 is 1.28 bits per heavy atom. The van der Waals surface area contributed by atoms with Crippen molar-refractivity contribution in [1.82, 2.24) is 4.31 Å². The smallest absolute Gasteiger partial charge is 0.214 e. The number of thioether (sulfide) groups is 1. The summed E-state index contributed by atoms with van der Waals surface area (Å²) >= 11 is 1.53. The summed E-state index contributed by atoms with van der Waals surface area (Å²) in [5, 5.41) is 0. The number of hydrogen-bond donors (Lipinski definition) is 1. The van der Waals surface area contributed by atoms with Gasteiger partial charge in [-0.25, -0.2) is 12.7 Å². The van der Waals surface area contributed by atoms with Crippen molar-refractivity contribution in [3.8, 4) is 0 Å². The Morgan fingerprint density at radius 2 is 1.89 bits per heavy atom. The summed E-state index contributed by atoms with van der Waals surface area (Å²) in [5.74, 6) is 0.721. The minimum atomic E-state index is -3.11. The molecule has 1 aromatic rings. The SMILES string of the molecule is CCCN(C)S(=O)(=O)CCSc1ccc(N)cc1. The molecule has 0 heterocycles. The fraction of sp³-hybridized carbons (Fsp3) is 0.500. The molecule has 0 saturated carbocycles. The van der Waals surface area contributed by atoms with E-state index in [-0.39, 0.29) is 5.75 Å². The Bertz CT molecular complexity index is 457. The molecule has 0 atom stereocenters. The molecule has 0 bridgehead atoms. The molecule has 18 heavy (non-hydrogen) atoms. The van der Waals surface area contributed by atoms with Crippen LogP contribution in [0.25, 0.3) is 0 Å². The largest absolute Gasteiger partial charge is 0.399 e. The Morgan fingerprint density at radius 3 is 2.44 bits per heavy atom. The van der Waals surface area contributed by atoms with Gasteiger partial charge in [0, 0.05) is 29.9 Å². The summed E-state index contributed by atoms with van der Waals surface area (Å²) < 4.78 is 25.1. The van der Waals surface area contributed by atoms with Crippen LogP contribution in [-0.4, -0.2) is 37.8 Å². The lowest BCUT2D eigenvalue weighted by atomic mass is 10.3.